The number of carbonyl (C=O) groups is 1. The lowest BCUT2D eigenvalue weighted by atomic mass is 10.0. The summed E-state index contributed by atoms with van der Waals surface area (Å²) in [6, 6.07) is 4.70. The zero-order valence-electron chi connectivity index (χ0n) is 11.7. The van der Waals surface area contributed by atoms with E-state index in [-0.39, 0.29) is 0 Å². The van der Waals surface area contributed by atoms with Gasteiger partial charge in [-0.1, -0.05) is 12.5 Å². The van der Waals surface area contributed by atoms with Crippen LogP contribution in [0.3, 0.4) is 0 Å². The van der Waals surface area contributed by atoms with Gasteiger partial charge in [0.1, 0.15) is 0 Å². The monoisotopic (exact) mass is 280 g/mol. The van der Waals surface area contributed by atoms with Crippen LogP contribution in [0.25, 0.3) is 0 Å². The molecule has 2 rings (SSSR count). The molecule has 0 aromatic carbocycles. The Kier molecular flexibility index (Phi) is 5.86. The minimum absolute atomic E-state index is 0.295. The highest BCUT2D eigenvalue weighted by atomic mass is 32.1. The minimum Gasteiger partial charge on any atom is -0.338 e. The average Bonchev–Trinajstić information content (AvgIpc) is 2.96. The van der Waals surface area contributed by atoms with Crippen molar-refractivity contribution in [3.05, 3.63) is 22.4 Å². The van der Waals surface area contributed by atoms with E-state index >= 15 is 0 Å². The van der Waals surface area contributed by atoms with Gasteiger partial charge in [0.05, 0.1) is 6.54 Å². The number of carbonyl (C=O) groups excluding carboxylic acids is 1. The number of hydrogen-bond donors (Lipinski definition) is 1. The molecule has 1 fully saturated rings. The second-order valence-corrected chi connectivity index (χ2v) is 6.21. The van der Waals surface area contributed by atoms with Gasteiger partial charge in [0.25, 0.3) is 0 Å². The summed E-state index contributed by atoms with van der Waals surface area (Å²) in [7, 11) is 0. The number of hydrogen-bond acceptors (Lipinski definition) is 3. The van der Waals surface area contributed by atoms with Gasteiger partial charge in [-0.3, -0.25) is 4.79 Å². The molecule has 2 heterocycles. The molecule has 106 valence electrons. The van der Waals surface area contributed by atoms with Gasteiger partial charge in [-0.25, -0.2) is 0 Å². The zero-order chi connectivity index (χ0) is 13.5. The zero-order valence-corrected chi connectivity index (χ0v) is 12.5. The Labute approximate surface area is 120 Å². The summed E-state index contributed by atoms with van der Waals surface area (Å²) in [5.74, 6) is 0.295. The van der Waals surface area contributed by atoms with Gasteiger partial charge in [0.15, 0.2) is 0 Å². The van der Waals surface area contributed by atoms with Crippen molar-refractivity contribution in [2.24, 2.45) is 0 Å². The first-order valence-corrected chi connectivity index (χ1v) is 8.21. The fraction of sp³-hybridized carbons (Fsp3) is 0.667. The first kappa shape index (κ1) is 14.5. The Bertz CT molecular complexity index is 372. The normalized spacial score (nSPS) is 19.3. The lowest BCUT2D eigenvalue weighted by molar-refractivity contribution is -0.131. The molecule has 1 aromatic heterocycles. The third-order valence-corrected chi connectivity index (χ3v) is 4.64. The van der Waals surface area contributed by atoms with Crippen LogP contribution in [0.4, 0.5) is 0 Å². The molecular formula is C15H24N2OS. The Balaban J connectivity index is 1.76. The molecule has 1 aliphatic heterocycles. The van der Waals surface area contributed by atoms with Crippen LogP contribution in [0, 0.1) is 0 Å². The highest BCUT2D eigenvalue weighted by Crippen LogP contribution is 2.15. The summed E-state index contributed by atoms with van der Waals surface area (Å²) < 4.78 is 0. The second-order valence-electron chi connectivity index (χ2n) is 5.17. The predicted molar refractivity (Wildman–Crippen MR) is 80.3 cm³/mol. The third-order valence-electron chi connectivity index (χ3n) is 3.78. The van der Waals surface area contributed by atoms with E-state index in [1.165, 1.54) is 24.1 Å². The summed E-state index contributed by atoms with van der Waals surface area (Å²) in [4.78, 5) is 15.5. The topological polar surface area (TPSA) is 32.3 Å². The Morgan fingerprint density at radius 2 is 2.42 bits per heavy atom. The molecule has 19 heavy (non-hydrogen) atoms. The minimum atomic E-state index is 0.295. The largest absolute Gasteiger partial charge is 0.338 e. The lowest BCUT2D eigenvalue weighted by Gasteiger charge is -2.25. The van der Waals surface area contributed by atoms with Crippen molar-refractivity contribution < 1.29 is 4.79 Å². The van der Waals surface area contributed by atoms with E-state index < -0.39 is 0 Å². The maximum atomic E-state index is 12.2. The number of amides is 1. The second kappa shape index (κ2) is 7.65. The van der Waals surface area contributed by atoms with Gasteiger partial charge in [0, 0.05) is 23.9 Å². The summed E-state index contributed by atoms with van der Waals surface area (Å²) in [6.07, 6.45) is 5.48. The van der Waals surface area contributed by atoms with Gasteiger partial charge >= 0.3 is 0 Å². The van der Waals surface area contributed by atoms with Crippen LogP contribution in [0.2, 0.25) is 0 Å². The quantitative estimate of drug-likeness (QED) is 0.868. The summed E-state index contributed by atoms with van der Waals surface area (Å²) in [5.41, 5.74) is 0. The third kappa shape index (κ3) is 4.62. The van der Waals surface area contributed by atoms with Gasteiger partial charge in [-0.05, 0) is 44.2 Å². The molecule has 4 heteroatoms. The fourth-order valence-electron chi connectivity index (χ4n) is 2.59. The molecule has 0 bridgehead atoms. The van der Waals surface area contributed by atoms with Crippen LogP contribution in [0.1, 0.15) is 43.9 Å². The van der Waals surface area contributed by atoms with E-state index in [9.17, 15) is 4.79 Å². The van der Waals surface area contributed by atoms with Crippen LogP contribution in [-0.4, -0.2) is 29.9 Å². The van der Waals surface area contributed by atoms with Crippen LogP contribution in [0.5, 0.6) is 0 Å². The van der Waals surface area contributed by atoms with Crippen LogP contribution in [-0.2, 0) is 11.3 Å². The van der Waals surface area contributed by atoms with Crippen LogP contribution >= 0.6 is 11.3 Å². The molecule has 1 atom stereocenters. The highest BCUT2D eigenvalue weighted by molar-refractivity contribution is 7.09. The number of piperidine rings is 1. The molecular weight excluding hydrogens is 256 g/mol. The molecule has 0 saturated carbocycles. The van der Waals surface area contributed by atoms with Gasteiger partial charge in [-0.15, -0.1) is 11.3 Å². The molecule has 1 N–H and O–H groups in total. The van der Waals surface area contributed by atoms with Crippen molar-refractivity contribution in [3.63, 3.8) is 0 Å². The van der Waals surface area contributed by atoms with Crippen molar-refractivity contribution in [3.8, 4) is 0 Å². The number of thiophene rings is 1. The maximum Gasteiger partial charge on any atom is 0.222 e. The molecule has 1 aliphatic rings. The van der Waals surface area contributed by atoms with Crippen molar-refractivity contribution >= 4 is 17.2 Å². The maximum absolute atomic E-state index is 12.2. The van der Waals surface area contributed by atoms with Crippen molar-refractivity contribution in [2.45, 2.75) is 51.6 Å². The van der Waals surface area contributed by atoms with E-state index in [0.717, 1.165) is 26.1 Å². The molecule has 0 aliphatic carbocycles. The number of nitrogens with one attached hydrogen (secondary N) is 1. The SMILES string of the molecule is CCN(Cc1cccs1)C(=O)CCC1CCCCN1. The molecule has 1 unspecified atom stereocenters. The highest BCUT2D eigenvalue weighted by Gasteiger charge is 2.17. The van der Waals surface area contributed by atoms with E-state index in [4.69, 9.17) is 0 Å². The smallest absolute Gasteiger partial charge is 0.222 e. The first-order valence-electron chi connectivity index (χ1n) is 7.33. The number of rotatable bonds is 6. The molecule has 0 spiro atoms. The molecule has 0 radical (unpaired) electrons. The molecule has 1 saturated heterocycles. The standard InChI is InChI=1S/C15H24N2OS/c1-2-17(12-14-7-5-11-19-14)15(18)9-8-13-6-3-4-10-16-13/h5,7,11,13,16H,2-4,6,8-10,12H2,1H3. The molecule has 1 amide bonds. The van der Waals surface area contributed by atoms with E-state index in [0.29, 0.717) is 18.4 Å². The van der Waals surface area contributed by atoms with E-state index in [1.807, 2.05) is 11.0 Å². The van der Waals surface area contributed by atoms with E-state index in [2.05, 4.69) is 23.7 Å². The summed E-state index contributed by atoms with van der Waals surface area (Å²) in [5, 5.41) is 5.58. The first-order chi connectivity index (χ1) is 9.29. The summed E-state index contributed by atoms with van der Waals surface area (Å²) in [6.45, 7) is 4.75. The Morgan fingerprint density at radius 3 is 3.05 bits per heavy atom. The van der Waals surface area contributed by atoms with Crippen LogP contribution < -0.4 is 5.32 Å². The lowest BCUT2D eigenvalue weighted by Crippen LogP contribution is -2.36. The molecule has 3 nitrogen and oxygen atoms in total. The van der Waals surface area contributed by atoms with E-state index in [1.54, 1.807) is 11.3 Å². The predicted octanol–water partition coefficient (Wildman–Crippen LogP) is 3.02. The Morgan fingerprint density at radius 1 is 1.53 bits per heavy atom. The van der Waals surface area contributed by atoms with Gasteiger partial charge in [0.2, 0.25) is 5.91 Å². The molecule has 1 aromatic rings. The van der Waals surface area contributed by atoms with Gasteiger partial charge < -0.3 is 10.2 Å². The fourth-order valence-corrected chi connectivity index (χ4v) is 3.31. The van der Waals surface area contributed by atoms with Crippen molar-refractivity contribution in [2.75, 3.05) is 13.1 Å². The summed E-state index contributed by atoms with van der Waals surface area (Å²) >= 11 is 1.72. The van der Waals surface area contributed by atoms with Crippen molar-refractivity contribution in [1.29, 1.82) is 0 Å². The van der Waals surface area contributed by atoms with Crippen LogP contribution in [0.15, 0.2) is 17.5 Å². The number of nitrogens with zero attached hydrogens (tertiary/aromatic N) is 1. The van der Waals surface area contributed by atoms with Crippen molar-refractivity contribution in [1.82, 2.24) is 10.2 Å². The van der Waals surface area contributed by atoms with Gasteiger partial charge in [-0.2, -0.15) is 0 Å². The Hall–Kier alpha value is -0.870. The average molecular weight is 280 g/mol.